The summed E-state index contributed by atoms with van der Waals surface area (Å²) in [5.41, 5.74) is 1.37. The molecular weight excluding hydrogens is 400 g/mol. The Labute approximate surface area is 177 Å². The van der Waals surface area contributed by atoms with Crippen LogP contribution < -0.4 is 15.2 Å². The second-order valence-corrected chi connectivity index (χ2v) is 7.40. The zero-order chi connectivity index (χ0) is 22.1. The van der Waals surface area contributed by atoms with Crippen molar-refractivity contribution in [2.75, 3.05) is 11.9 Å². The van der Waals surface area contributed by atoms with Gasteiger partial charge in [-0.15, -0.1) is 0 Å². The van der Waals surface area contributed by atoms with Crippen molar-refractivity contribution < 1.29 is 23.6 Å². The number of anilines is 1. The van der Waals surface area contributed by atoms with E-state index in [-0.39, 0.29) is 30.6 Å². The van der Waals surface area contributed by atoms with Gasteiger partial charge in [0.1, 0.15) is 0 Å². The number of hydrogen-bond donors (Lipinski definition) is 1. The number of H-pyrrole nitrogens is 1. The van der Waals surface area contributed by atoms with Crippen LogP contribution in [0, 0.1) is 0 Å². The number of benzene rings is 2. The SMILES string of the molecule is CC(=O)c1ccc(N2C(=O)CC(N(C)Cc3c(=O)o[nH][n+]3-c3ccccc3)C2=O)cc1. The number of carbonyl (C=O) groups excluding carboxylic acids is 3. The predicted molar refractivity (Wildman–Crippen MR) is 110 cm³/mol. The summed E-state index contributed by atoms with van der Waals surface area (Å²) in [5.74, 6) is -0.816. The number of aromatic nitrogens is 2. The van der Waals surface area contributed by atoms with Gasteiger partial charge in [0.15, 0.2) is 5.78 Å². The van der Waals surface area contributed by atoms with Crippen LogP contribution in [0.2, 0.25) is 0 Å². The molecule has 3 aromatic rings. The number of ketones is 1. The van der Waals surface area contributed by atoms with Crippen LogP contribution >= 0.6 is 0 Å². The van der Waals surface area contributed by atoms with Gasteiger partial charge in [0, 0.05) is 17.7 Å². The van der Waals surface area contributed by atoms with Gasteiger partial charge in [-0.25, -0.2) is 9.69 Å². The molecule has 158 valence electrons. The zero-order valence-electron chi connectivity index (χ0n) is 17.1. The highest BCUT2D eigenvalue weighted by atomic mass is 16.5. The van der Waals surface area contributed by atoms with Crippen LogP contribution in [0.3, 0.4) is 0 Å². The Kier molecular flexibility index (Phi) is 5.35. The molecule has 0 bridgehead atoms. The maximum atomic E-state index is 13.0. The summed E-state index contributed by atoms with van der Waals surface area (Å²) in [6.07, 6.45) is -0.00904. The van der Waals surface area contributed by atoms with Crippen molar-refractivity contribution in [2.45, 2.75) is 25.9 Å². The number of amides is 2. The Hall–Kier alpha value is -3.85. The Bertz CT molecular complexity index is 1200. The van der Waals surface area contributed by atoms with Crippen molar-refractivity contribution in [3.05, 3.63) is 76.3 Å². The van der Waals surface area contributed by atoms with Crippen molar-refractivity contribution in [1.29, 1.82) is 0 Å². The summed E-state index contributed by atoms with van der Waals surface area (Å²) < 4.78 is 6.46. The van der Waals surface area contributed by atoms with Crippen LogP contribution in [0.15, 0.2) is 63.9 Å². The molecule has 1 N–H and O–H groups in total. The molecule has 1 aromatic heterocycles. The number of aromatic amines is 1. The molecule has 2 amide bonds. The first-order valence-corrected chi connectivity index (χ1v) is 9.72. The van der Waals surface area contributed by atoms with Crippen LogP contribution in [-0.4, -0.2) is 40.9 Å². The lowest BCUT2D eigenvalue weighted by Gasteiger charge is -2.21. The molecule has 9 heteroatoms. The average Bonchev–Trinajstić information content (AvgIpc) is 3.27. The predicted octanol–water partition coefficient (Wildman–Crippen LogP) is 1.21. The maximum Gasteiger partial charge on any atom is 0.431 e. The Balaban J connectivity index is 1.56. The van der Waals surface area contributed by atoms with Crippen LogP contribution in [0.1, 0.15) is 29.4 Å². The van der Waals surface area contributed by atoms with Gasteiger partial charge in [-0.05, 0) is 48.2 Å². The number of para-hydroxylation sites is 1. The van der Waals surface area contributed by atoms with Crippen LogP contribution in [0.5, 0.6) is 0 Å². The lowest BCUT2D eigenvalue weighted by atomic mass is 10.1. The van der Waals surface area contributed by atoms with Crippen LogP contribution in [0.25, 0.3) is 5.69 Å². The number of nitrogens with zero attached hydrogens (tertiary/aromatic N) is 3. The molecule has 2 aromatic carbocycles. The van der Waals surface area contributed by atoms with Gasteiger partial charge < -0.3 is 0 Å². The molecule has 1 saturated heterocycles. The summed E-state index contributed by atoms with van der Waals surface area (Å²) in [6.45, 7) is 1.55. The minimum absolute atomic E-state index is 0.00904. The summed E-state index contributed by atoms with van der Waals surface area (Å²) in [5, 5.41) is 2.57. The van der Waals surface area contributed by atoms with E-state index >= 15 is 0 Å². The minimum Gasteiger partial charge on any atom is -0.295 e. The number of hydrogen-bond acceptors (Lipinski definition) is 6. The Morgan fingerprint density at radius 1 is 1.13 bits per heavy atom. The molecule has 1 fully saturated rings. The lowest BCUT2D eigenvalue weighted by Crippen LogP contribution is -2.45. The number of imide groups is 1. The highest BCUT2D eigenvalue weighted by Gasteiger charge is 2.43. The van der Waals surface area contributed by atoms with Crippen molar-refractivity contribution in [1.82, 2.24) is 10.2 Å². The molecule has 1 atom stereocenters. The fraction of sp³-hybridized carbons (Fsp3) is 0.227. The zero-order valence-corrected chi connectivity index (χ0v) is 17.1. The van der Waals surface area contributed by atoms with E-state index in [0.29, 0.717) is 22.6 Å². The summed E-state index contributed by atoms with van der Waals surface area (Å²) in [4.78, 5) is 52.1. The molecule has 1 aliphatic heterocycles. The first-order valence-electron chi connectivity index (χ1n) is 9.72. The molecule has 0 saturated carbocycles. The summed E-state index contributed by atoms with van der Waals surface area (Å²) in [6, 6.07) is 14.7. The van der Waals surface area contributed by atoms with Crippen LogP contribution in [-0.2, 0) is 16.1 Å². The third-order valence-electron chi connectivity index (χ3n) is 5.34. The fourth-order valence-electron chi connectivity index (χ4n) is 3.64. The molecule has 9 nitrogen and oxygen atoms in total. The molecule has 31 heavy (non-hydrogen) atoms. The molecule has 0 aliphatic carbocycles. The third-order valence-corrected chi connectivity index (χ3v) is 5.34. The highest BCUT2D eigenvalue weighted by Crippen LogP contribution is 2.26. The first kappa shape index (κ1) is 20.4. The van der Waals surface area contributed by atoms with E-state index in [9.17, 15) is 19.2 Å². The lowest BCUT2D eigenvalue weighted by molar-refractivity contribution is -0.678. The Morgan fingerprint density at radius 2 is 1.81 bits per heavy atom. The van der Waals surface area contributed by atoms with Gasteiger partial charge in [0.25, 0.3) is 5.91 Å². The third kappa shape index (κ3) is 3.82. The second-order valence-electron chi connectivity index (χ2n) is 7.40. The van der Waals surface area contributed by atoms with Gasteiger partial charge in [-0.2, -0.15) is 0 Å². The van der Waals surface area contributed by atoms with E-state index in [1.807, 2.05) is 30.3 Å². The van der Waals surface area contributed by atoms with Gasteiger partial charge in [0.2, 0.25) is 11.6 Å². The van der Waals surface area contributed by atoms with Gasteiger partial charge >= 0.3 is 11.3 Å². The molecule has 4 rings (SSSR count). The summed E-state index contributed by atoms with van der Waals surface area (Å²) in [7, 11) is 1.68. The Morgan fingerprint density at radius 3 is 2.45 bits per heavy atom. The standard InChI is InChI=1S/C22H20N4O5/c1-14(27)15-8-10-16(11-9-15)25-20(28)12-18(21(25)29)24(2)13-19-22(30)31-23-26(19)17-6-4-3-5-7-17/h3-11,18H,12-13H2,1-2H3/p+1. The van der Waals surface area contributed by atoms with Crippen molar-refractivity contribution in [2.24, 2.45) is 0 Å². The molecule has 0 radical (unpaired) electrons. The van der Waals surface area contributed by atoms with Gasteiger partial charge in [-0.1, -0.05) is 18.2 Å². The smallest absolute Gasteiger partial charge is 0.295 e. The number of rotatable bonds is 6. The topological polar surface area (TPSA) is 108 Å². The van der Waals surface area contributed by atoms with Gasteiger partial charge in [0.05, 0.1) is 24.7 Å². The quantitative estimate of drug-likeness (QED) is 0.364. The maximum absolute atomic E-state index is 13.0. The number of nitrogens with one attached hydrogen (secondary N) is 1. The van der Waals surface area contributed by atoms with Gasteiger partial charge in [-0.3, -0.25) is 23.8 Å². The molecule has 1 aliphatic rings. The monoisotopic (exact) mass is 421 g/mol. The van der Waals surface area contributed by atoms with E-state index < -0.39 is 11.7 Å². The van der Waals surface area contributed by atoms with E-state index in [1.165, 1.54) is 11.6 Å². The summed E-state index contributed by atoms with van der Waals surface area (Å²) >= 11 is 0. The van der Waals surface area contributed by atoms with Crippen molar-refractivity contribution in [3.63, 3.8) is 0 Å². The highest BCUT2D eigenvalue weighted by molar-refractivity contribution is 6.22. The number of Topliss-reactive ketones (excluding diaryl/α,β-unsaturated/α-hetero) is 1. The van der Waals surface area contributed by atoms with E-state index in [2.05, 4.69) is 5.27 Å². The molecular formula is C22H21N4O5+. The minimum atomic E-state index is -0.724. The van der Waals surface area contributed by atoms with E-state index in [0.717, 1.165) is 4.90 Å². The molecule has 2 heterocycles. The average molecular weight is 421 g/mol. The largest absolute Gasteiger partial charge is 0.431 e. The number of carbonyl (C=O) groups is 3. The first-order chi connectivity index (χ1) is 14.9. The molecule has 1 unspecified atom stereocenters. The second kappa shape index (κ2) is 8.11. The normalized spacial score (nSPS) is 16.4. The van der Waals surface area contributed by atoms with Crippen molar-refractivity contribution in [3.8, 4) is 5.69 Å². The fourth-order valence-corrected chi connectivity index (χ4v) is 3.64. The molecule has 0 spiro atoms. The van der Waals surface area contributed by atoms with E-state index in [1.54, 1.807) is 36.2 Å². The van der Waals surface area contributed by atoms with E-state index in [4.69, 9.17) is 4.52 Å². The van der Waals surface area contributed by atoms with Crippen molar-refractivity contribution >= 4 is 23.3 Å². The number of likely N-dealkylation sites (N-methyl/N-ethyl adjacent to an activating group) is 1. The van der Waals surface area contributed by atoms with Crippen LogP contribution in [0.4, 0.5) is 5.69 Å².